The van der Waals surface area contributed by atoms with E-state index < -0.39 is 0 Å². The highest BCUT2D eigenvalue weighted by Crippen LogP contribution is 2.05. The van der Waals surface area contributed by atoms with Gasteiger partial charge in [0.25, 0.3) is 5.56 Å². The van der Waals surface area contributed by atoms with E-state index in [0.717, 1.165) is 24.3 Å². The Hall–Kier alpha value is -1.99. The molecular formula is C16H21N4O2S+. The van der Waals surface area contributed by atoms with Crippen LogP contribution in [0.5, 0.6) is 0 Å². The van der Waals surface area contributed by atoms with Crippen molar-refractivity contribution in [3.05, 3.63) is 39.4 Å². The van der Waals surface area contributed by atoms with Crippen LogP contribution in [0.25, 0.3) is 10.9 Å². The van der Waals surface area contributed by atoms with Crippen LogP contribution in [0.4, 0.5) is 0 Å². The first-order valence-electron chi connectivity index (χ1n) is 8.02. The van der Waals surface area contributed by atoms with Crippen molar-refractivity contribution in [3.63, 3.8) is 0 Å². The Morgan fingerprint density at radius 1 is 1.26 bits per heavy atom. The number of amides is 1. The van der Waals surface area contributed by atoms with Crippen LogP contribution < -0.4 is 15.9 Å². The summed E-state index contributed by atoms with van der Waals surface area (Å²) >= 11 is 5.18. The van der Waals surface area contributed by atoms with Crippen molar-refractivity contribution in [3.8, 4) is 0 Å². The number of para-hydroxylation sites is 1. The fourth-order valence-electron chi connectivity index (χ4n) is 3.04. The van der Waals surface area contributed by atoms with Crippen molar-refractivity contribution >= 4 is 29.0 Å². The number of benzene rings is 1. The molecule has 3 rings (SSSR count). The third kappa shape index (κ3) is 3.68. The number of aromatic amines is 1. The van der Waals surface area contributed by atoms with E-state index in [2.05, 4.69) is 10.4 Å². The summed E-state index contributed by atoms with van der Waals surface area (Å²) in [4.78, 5) is 29.0. The number of quaternary nitrogens is 1. The quantitative estimate of drug-likeness (QED) is 0.717. The summed E-state index contributed by atoms with van der Waals surface area (Å²) in [6.45, 7) is 3.05. The molecule has 0 saturated carbocycles. The Balaban J connectivity index is 1.72. The van der Waals surface area contributed by atoms with E-state index in [0.29, 0.717) is 17.3 Å². The maximum absolute atomic E-state index is 12.4. The first-order valence-corrected chi connectivity index (χ1v) is 8.43. The van der Waals surface area contributed by atoms with Gasteiger partial charge in [0, 0.05) is 0 Å². The first kappa shape index (κ1) is 15.9. The molecule has 2 aromatic rings. The molecule has 6 nitrogen and oxygen atoms in total. The lowest BCUT2D eigenvalue weighted by Crippen LogP contribution is -3.12. The Morgan fingerprint density at radius 3 is 2.78 bits per heavy atom. The number of fused-ring (bicyclic) bond motifs is 1. The van der Waals surface area contributed by atoms with Crippen molar-refractivity contribution in [1.82, 2.24) is 9.66 Å². The SMILES string of the molecule is O=C(CC[NH+]1CCCCC1)Nn1c(=S)[nH]c2ccccc2c1=O. The number of carbonyl (C=O) groups excluding carboxylic acids is 1. The minimum Gasteiger partial charge on any atom is -0.335 e. The van der Waals surface area contributed by atoms with Crippen molar-refractivity contribution < 1.29 is 9.69 Å². The zero-order chi connectivity index (χ0) is 16.2. The molecule has 1 aromatic heterocycles. The molecule has 0 aliphatic carbocycles. The van der Waals surface area contributed by atoms with Crippen molar-refractivity contribution in [1.29, 1.82) is 0 Å². The number of piperidine rings is 1. The molecule has 1 aromatic carbocycles. The fraction of sp³-hybridized carbons (Fsp3) is 0.438. The molecule has 2 heterocycles. The number of nitrogens with one attached hydrogen (secondary N) is 3. The standard InChI is InChI=1S/C16H20N4O2S/c21-14(8-11-19-9-4-1-5-10-19)18-20-15(22)12-6-2-3-7-13(12)17-16(20)23/h2-3,6-7H,1,4-5,8-11H2,(H,17,23)(H,18,21)/p+1. The van der Waals surface area contributed by atoms with Crippen LogP contribution in [0.15, 0.2) is 29.1 Å². The highest BCUT2D eigenvalue weighted by atomic mass is 32.1. The number of rotatable bonds is 4. The topological polar surface area (TPSA) is 71.3 Å². The predicted molar refractivity (Wildman–Crippen MR) is 91.8 cm³/mol. The van der Waals surface area contributed by atoms with E-state index in [-0.39, 0.29) is 16.2 Å². The zero-order valence-electron chi connectivity index (χ0n) is 12.9. The maximum atomic E-state index is 12.4. The van der Waals surface area contributed by atoms with Gasteiger partial charge in [0.05, 0.1) is 37.0 Å². The van der Waals surface area contributed by atoms with Gasteiger partial charge < -0.3 is 9.88 Å². The lowest BCUT2D eigenvalue weighted by atomic mass is 10.1. The number of hydrogen-bond donors (Lipinski definition) is 3. The zero-order valence-corrected chi connectivity index (χ0v) is 13.7. The van der Waals surface area contributed by atoms with Crippen molar-refractivity contribution in [2.75, 3.05) is 25.1 Å². The van der Waals surface area contributed by atoms with Crippen LogP contribution in [0, 0.1) is 4.77 Å². The highest BCUT2D eigenvalue weighted by molar-refractivity contribution is 7.71. The minimum atomic E-state index is -0.303. The number of likely N-dealkylation sites (tertiary alicyclic amines) is 1. The average Bonchev–Trinajstić information content (AvgIpc) is 2.58. The molecule has 0 atom stereocenters. The van der Waals surface area contributed by atoms with Gasteiger partial charge in [0.15, 0.2) is 4.77 Å². The molecule has 122 valence electrons. The Labute approximate surface area is 139 Å². The fourth-order valence-corrected chi connectivity index (χ4v) is 3.28. The number of H-pyrrole nitrogens is 1. The lowest BCUT2D eigenvalue weighted by molar-refractivity contribution is -0.904. The van der Waals surface area contributed by atoms with Gasteiger partial charge in [-0.3, -0.25) is 15.0 Å². The van der Waals surface area contributed by atoms with Gasteiger partial charge in [-0.05, 0) is 43.6 Å². The third-order valence-corrected chi connectivity index (χ3v) is 4.59. The van der Waals surface area contributed by atoms with E-state index >= 15 is 0 Å². The van der Waals surface area contributed by atoms with Gasteiger partial charge in [-0.25, -0.2) is 0 Å². The molecule has 0 spiro atoms. The van der Waals surface area contributed by atoms with E-state index in [1.54, 1.807) is 18.2 Å². The molecule has 7 heteroatoms. The van der Waals surface area contributed by atoms with Gasteiger partial charge in [-0.15, -0.1) is 0 Å². The number of aromatic nitrogens is 2. The van der Waals surface area contributed by atoms with E-state index in [1.807, 2.05) is 6.07 Å². The van der Waals surface area contributed by atoms with E-state index in [1.165, 1.54) is 24.2 Å². The van der Waals surface area contributed by atoms with Gasteiger partial charge in [-0.2, -0.15) is 4.68 Å². The monoisotopic (exact) mass is 333 g/mol. The summed E-state index contributed by atoms with van der Waals surface area (Å²) in [5, 5.41) is 0.503. The van der Waals surface area contributed by atoms with Crippen LogP contribution in [0.2, 0.25) is 0 Å². The Morgan fingerprint density at radius 2 is 2.00 bits per heavy atom. The van der Waals surface area contributed by atoms with Crippen LogP contribution in [0.1, 0.15) is 25.7 Å². The highest BCUT2D eigenvalue weighted by Gasteiger charge is 2.15. The van der Waals surface area contributed by atoms with Gasteiger partial charge >= 0.3 is 0 Å². The molecule has 1 amide bonds. The summed E-state index contributed by atoms with van der Waals surface area (Å²) in [6, 6.07) is 7.12. The summed E-state index contributed by atoms with van der Waals surface area (Å²) < 4.78 is 1.33. The molecular weight excluding hydrogens is 312 g/mol. The molecule has 0 bridgehead atoms. The predicted octanol–water partition coefficient (Wildman–Crippen LogP) is 0.588. The largest absolute Gasteiger partial charge is 0.335 e. The van der Waals surface area contributed by atoms with E-state index in [9.17, 15) is 9.59 Å². The third-order valence-electron chi connectivity index (χ3n) is 4.31. The minimum absolute atomic E-state index is 0.181. The smallest absolute Gasteiger partial charge is 0.281 e. The number of hydrogen-bond acceptors (Lipinski definition) is 3. The van der Waals surface area contributed by atoms with Crippen LogP contribution in [-0.2, 0) is 4.79 Å². The van der Waals surface area contributed by atoms with Crippen LogP contribution in [-0.4, -0.2) is 35.2 Å². The summed E-state index contributed by atoms with van der Waals surface area (Å²) in [5.74, 6) is -0.181. The molecule has 1 aliphatic heterocycles. The molecule has 23 heavy (non-hydrogen) atoms. The van der Waals surface area contributed by atoms with Gasteiger partial charge in [-0.1, -0.05) is 12.1 Å². The number of nitrogens with zero attached hydrogens (tertiary/aromatic N) is 1. The first-order chi connectivity index (χ1) is 11.1. The summed E-state index contributed by atoms with van der Waals surface area (Å²) in [7, 11) is 0. The maximum Gasteiger partial charge on any atom is 0.281 e. The van der Waals surface area contributed by atoms with E-state index in [4.69, 9.17) is 12.2 Å². The number of carbonyl (C=O) groups is 1. The summed E-state index contributed by atoms with van der Waals surface area (Å²) in [6.07, 6.45) is 4.14. The normalized spacial score (nSPS) is 15.7. The molecule has 1 aliphatic rings. The van der Waals surface area contributed by atoms with Crippen molar-refractivity contribution in [2.24, 2.45) is 0 Å². The van der Waals surface area contributed by atoms with Gasteiger partial charge in [0.2, 0.25) is 5.91 Å². The molecule has 0 unspecified atom stereocenters. The summed E-state index contributed by atoms with van der Waals surface area (Å²) in [5.41, 5.74) is 3.00. The van der Waals surface area contributed by atoms with Crippen molar-refractivity contribution in [2.45, 2.75) is 25.7 Å². The molecule has 0 radical (unpaired) electrons. The Bertz CT molecular complexity index is 821. The molecule has 1 saturated heterocycles. The van der Waals surface area contributed by atoms with Crippen LogP contribution >= 0.6 is 12.2 Å². The van der Waals surface area contributed by atoms with Gasteiger partial charge in [0.1, 0.15) is 0 Å². The average molecular weight is 333 g/mol. The Kier molecular flexibility index (Phi) is 4.88. The second kappa shape index (κ2) is 7.06. The van der Waals surface area contributed by atoms with Crippen LogP contribution in [0.3, 0.4) is 0 Å². The molecule has 3 N–H and O–H groups in total. The second-order valence-electron chi connectivity index (χ2n) is 5.96. The molecule has 1 fully saturated rings. The lowest BCUT2D eigenvalue weighted by Gasteiger charge is -2.23. The second-order valence-corrected chi connectivity index (χ2v) is 6.35.